The Labute approximate surface area is 172 Å². The molecule has 1 heterocycles. The van der Waals surface area contributed by atoms with Gasteiger partial charge in [-0.15, -0.1) is 0 Å². The van der Waals surface area contributed by atoms with Crippen molar-refractivity contribution >= 4 is 45.9 Å². The first-order valence-electron chi connectivity index (χ1n) is 8.69. The molecule has 3 aromatic carbocycles. The number of hydrogen-bond acceptors (Lipinski definition) is 3. The van der Waals surface area contributed by atoms with E-state index in [1.54, 1.807) is 18.2 Å². The van der Waals surface area contributed by atoms with Crippen molar-refractivity contribution in [2.45, 2.75) is 13.3 Å². The van der Waals surface area contributed by atoms with E-state index in [0.717, 1.165) is 22.2 Å². The monoisotopic (exact) mass is 410 g/mol. The molecule has 4 rings (SSSR count). The van der Waals surface area contributed by atoms with Crippen LogP contribution in [0, 0.1) is 6.92 Å². The number of halogens is 2. The van der Waals surface area contributed by atoms with Crippen LogP contribution in [0.1, 0.15) is 27.4 Å². The summed E-state index contributed by atoms with van der Waals surface area (Å²) in [7, 11) is 0. The average molecular weight is 411 g/mol. The van der Waals surface area contributed by atoms with E-state index in [0.29, 0.717) is 33.6 Å². The lowest BCUT2D eigenvalue weighted by molar-refractivity contribution is 0.102. The Hall–Kier alpha value is -2.82. The molecule has 0 fully saturated rings. The van der Waals surface area contributed by atoms with Gasteiger partial charge in [0.05, 0.1) is 10.0 Å². The molecule has 0 radical (unpaired) electrons. The van der Waals surface area contributed by atoms with Gasteiger partial charge >= 0.3 is 0 Å². The molecule has 28 heavy (non-hydrogen) atoms. The Bertz CT molecular complexity index is 1170. The number of aryl methyl sites for hydroxylation is 1. The Balaban J connectivity index is 1.45. The molecule has 0 spiro atoms. The van der Waals surface area contributed by atoms with Crippen LogP contribution in [0.25, 0.3) is 11.1 Å². The van der Waals surface area contributed by atoms with E-state index in [4.69, 9.17) is 27.6 Å². The zero-order chi connectivity index (χ0) is 19.7. The van der Waals surface area contributed by atoms with Crippen LogP contribution in [0.5, 0.6) is 0 Å². The highest BCUT2D eigenvalue weighted by Gasteiger charge is 2.10. The van der Waals surface area contributed by atoms with E-state index < -0.39 is 0 Å². The van der Waals surface area contributed by atoms with Gasteiger partial charge in [-0.05, 0) is 60.5 Å². The zero-order valence-corrected chi connectivity index (χ0v) is 16.5. The molecule has 4 nitrogen and oxygen atoms in total. The molecular weight excluding hydrogens is 395 g/mol. The minimum atomic E-state index is -0.249. The Morgan fingerprint density at radius 1 is 1.00 bits per heavy atom. The summed E-state index contributed by atoms with van der Waals surface area (Å²) in [6.07, 6.45) is 0.578. The molecule has 1 aromatic heterocycles. The van der Waals surface area contributed by atoms with Gasteiger partial charge in [0.15, 0.2) is 11.5 Å². The minimum absolute atomic E-state index is 0.249. The van der Waals surface area contributed by atoms with E-state index >= 15 is 0 Å². The first kappa shape index (κ1) is 18.5. The van der Waals surface area contributed by atoms with Gasteiger partial charge in [0.25, 0.3) is 5.91 Å². The van der Waals surface area contributed by atoms with Crippen molar-refractivity contribution < 1.29 is 9.21 Å². The lowest BCUT2D eigenvalue weighted by atomic mass is 10.1. The Morgan fingerprint density at radius 3 is 2.54 bits per heavy atom. The third-order valence-electron chi connectivity index (χ3n) is 4.34. The van der Waals surface area contributed by atoms with E-state index in [9.17, 15) is 4.79 Å². The highest BCUT2D eigenvalue weighted by atomic mass is 35.5. The summed E-state index contributed by atoms with van der Waals surface area (Å²) in [5.41, 5.74) is 4.96. The zero-order valence-electron chi connectivity index (χ0n) is 15.0. The van der Waals surface area contributed by atoms with Crippen LogP contribution < -0.4 is 5.32 Å². The first-order valence-corrected chi connectivity index (χ1v) is 9.45. The average Bonchev–Trinajstić information content (AvgIpc) is 3.06. The van der Waals surface area contributed by atoms with Gasteiger partial charge in [0.1, 0.15) is 5.52 Å². The summed E-state index contributed by atoms with van der Waals surface area (Å²) in [5.74, 6) is 0.411. The smallest absolute Gasteiger partial charge is 0.255 e. The van der Waals surface area contributed by atoms with Crippen molar-refractivity contribution in [3.05, 3.63) is 93.3 Å². The molecule has 0 saturated carbocycles. The molecule has 4 aromatic rings. The summed E-state index contributed by atoms with van der Waals surface area (Å²) in [6, 6.07) is 18.3. The molecule has 1 amide bonds. The second-order valence-corrected chi connectivity index (χ2v) is 7.35. The number of amides is 1. The van der Waals surface area contributed by atoms with Crippen LogP contribution in [0.15, 0.2) is 65.1 Å². The molecule has 0 atom stereocenters. The second kappa shape index (κ2) is 7.66. The predicted octanol–water partition coefficient (Wildman–Crippen LogP) is 6.29. The number of nitrogens with one attached hydrogen (secondary N) is 1. The fourth-order valence-electron chi connectivity index (χ4n) is 2.88. The van der Waals surface area contributed by atoms with E-state index in [-0.39, 0.29) is 5.91 Å². The van der Waals surface area contributed by atoms with Gasteiger partial charge in [0, 0.05) is 17.7 Å². The Kier molecular flexibility index (Phi) is 5.07. The maximum absolute atomic E-state index is 12.3. The maximum Gasteiger partial charge on any atom is 0.255 e. The van der Waals surface area contributed by atoms with Gasteiger partial charge < -0.3 is 9.73 Å². The third kappa shape index (κ3) is 4.03. The standard InChI is InChI=1S/C22H16Cl2N2O2/c1-13-2-9-20-19(10-13)26-21(28-20)11-14-3-6-16(7-4-14)25-22(27)15-5-8-17(23)18(24)12-15/h2-10,12H,11H2,1H3,(H,25,27). The largest absolute Gasteiger partial charge is 0.440 e. The topological polar surface area (TPSA) is 55.1 Å². The highest BCUT2D eigenvalue weighted by Crippen LogP contribution is 2.23. The molecule has 6 heteroatoms. The SMILES string of the molecule is Cc1ccc2oc(Cc3ccc(NC(=O)c4ccc(Cl)c(Cl)c4)cc3)nc2c1. The van der Waals surface area contributed by atoms with Crippen molar-refractivity contribution in [3.63, 3.8) is 0 Å². The quantitative estimate of drug-likeness (QED) is 0.430. The molecule has 0 bridgehead atoms. The number of fused-ring (bicyclic) bond motifs is 1. The van der Waals surface area contributed by atoms with Gasteiger partial charge in [-0.25, -0.2) is 4.98 Å². The van der Waals surface area contributed by atoms with Gasteiger partial charge in [-0.1, -0.05) is 41.4 Å². The van der Waals surface area contributed by atoms with Crippen LogP contribution in [0.3, 0.4) is 0 Å². The summed E-state index contributed by atoms with van der Waals surface area (Å²) < 4.78 is 5.80. The van der Waals surface area contributed by atoms with Crippen LogP contribution in [0.4, 0.5) is 5.69 Å². The molecule has 0 aliphatic rings. The summed E-state index contributed by atoms with van der Waals surface area (Å²) in [4.78, 5) is 16.9. The van der Waals surface area contributed by atoms with E-state index in [1.807, 2.05) is 49.4 Å². The van der Waals surface area contributed by atoms with E-state index in [1.165, 1.54) is 0 Å². The lowest BCUT2D eigenvalue weighted by Crippen LogP contribution is -2.11. The number of anilines is 1. The Morgan fingerprint density at radius 2 is 1.79 bits per heavy atom. The summed E-state index contributed by atoms with van der Waals surface area (Å²) in [5, 5.41) is 3.60. The minimum Gasteiger partial charge on any atom is -0.440 e. The number of oxazole rings is 1. The normalized spacial score (nSPS) is 11.0. The molecular formula is C22H16Cl2N2O2. The predicted molar refractivity (Wildman–Crippen MR) is 112 cm³/mol. The molecule has 0 unspecified atom stereocenters. The number of carbonyl (C=O) groups excluding carboxylic acids is 1. The fourth-order valence-corrected chi connectivity index (χ4v) is 3.18. The van der Waals surface area contributed by atoms with Crippen molar-refractivity contribution in [1.29, 1.82) is 0 Å². The van der Waals surface area contributed by atoms with Gasteiger partial charge in [-0.3, -0.25) is 4.79 Å². The van der Waals surface area contributed by atoms with Crippen molar-refractivity contribution in [1.82, 2.24) is 4.98 Å². The van der Waals surface area contributed by atoms with Crippen molar-refractivity contribution in [3.8, 4) is 0 Å². The second-order valence-electron chi connectivity index (χ2n) is 6.54. The number of rotatable bonds is 4. The fraction of sp³-hybridized carbons (Fsp3) is 0.0909. The number of nitrogens with zero attached hydrogens (tertiary/aromatic N) is 1. The third-order valence-corrected chi connectivity index (χ3v) is 5.08. The lowest BCUT2D eigenvalue weighted by Gasteiger charge is -2.07. The molecule has 0 aliphatic carbocycles. The molecule has 1 N–H and O–H groups in total. The number of carbonyl (C=O) groups is 1. The molecule has 0 aliphatic heterocycles. The molecule has 140 valence electrons. The van der Waals surface area contributed by atoms with Crippen LogP contribution in [0.2, 0.25) is 10.0 Å². The van der Waals surface area contributed by atoms with Crippen LogP contribution >= 0.6 is 23.2 Å². The number of benzene rings is 3. The number of hydrogen-bond donors (Lipinski definition) is 1. The van der Waals surface area contributed by atoms with Gasteiger partial charge in [0.2, 0.25) is 0 Å². The maximum atomic E-state index is 12.3. The first-order chi connectivity index (χ1) is 13.5. The molecule has 0 saturated heterocycles. The summed E-state index contributed by atoms with van der Waals surface area (Å²) >= 11 is 11.9. The van der Waals surface area contributed by atoms with Crippen molar-refractivity contribution in [2.24, 2.45) is 0 Å². The highest BCUT2D eigenvalue weighted by molar-refractivity contribution is 6.42. The van der Waals surface area contributed by atoms with E-state index in [2.05, 4.69) is 10.3 Å². The number of aromatic nitrogens is 1. The van der Waals surface area contributed by atoms with Gasteiger partial charge in [-0.2, -0.15) is 0 Å². The van der Waals surface area contributed by atoms with Crippen LogP contribution in [-0.4, -0.2) is 10.9 Å². The summed E-state index contributed by atoms with van der Waals surface area (Å²) in [6.45, 7) is 2.03. The van der Waals surface area contributed by atoms with Crippen LogP contribution in [-0.2, 0) is 6.42 Å². The van der Waals surface area contributed by atoms with Crippen molar-refractivity contribution in [2.75, 3.05) is 5.32 Å².